The largest absolute Gasteiger partial charge is 0.122 e. The Balaban J connectivity index is 2.13. The zero-order valence-corrected chi connectivity index (χ0v) is 11.3. The normalized spacial score (nSPS) is 18.4. The van der Waals surface area contributed by atoms with Gasteiger partial charge in [0.25, 0.3) is 0 Å². The number of rotatable bonds is 3. The van der Waals surface area contributed by atoms with Gasteiger partial charge in [0.2, 0.25) is 0 Å². The molecule has 1 aromatic carbocycles. The highest BCUT2D eigenvalue weighted by Gasteiger charge is 2.16. The molecule has 17 heavy (non-hydrogen) atoms. The lowest BCUT2D eigenvalue weighted by Crippen LogP contribution is -2.10. The van der Waals surface area contributed by atoms with E-state index in [1.807, 2.05) is 0 Å². The van der Waals surface area contributed by atoms with Gasteiger partial charge in [0.05, 0.1) is 0 Å². The molecule has 2 rings (SSSR count). The van der Waals surface area contributed by atoms with E-state index in [1.165, 1.54) is 48.8 Å². The summed E-state index contributed by atoms with van der Waals surface area (Å²) in [7, 11) is 0. The number of hydrogen-bond acceptors (Lipinski definition) is 0. The first-order valence-electron chi connectivity index (χ1n) is 6.62. The zero-order valence-electron chi connectivity index (χ0n) is 10.6. The number of allylic oxidation sites excluding steroid dienone is 1. The number of halogens is 1. The Kier molecular flexibility index (Phi) is 4.67. The molecule has 0 nitrogen and oxygen atoms in total. The lowest BCUT2D eigenvalue weighted by molar-refractivity contribution is 0.405. The number of benzene rings is 1. The molecule has 0 radical (unpaired) electrons. The van der Waals surface area contributed by atoms with Gasteiger partial charge in [-0.25, -0.2) is 0 Å². The molecule has 1 aliphatic carbocycles. The van der Waals surface area contributed by atoms with Crippen LogP contribution >= 0.6 is 11.6 Å². The maximum absolute atomic E-state index is 6.11. The maximum Gasteiger partial charge on any atom is 0.0439 e. The van der Waals surface area contributed by atoms with Crippen molar-refractivity contribution in [2.75, 3.05) is 5.88 Å². The van der Waals surface area contributed by atoms with E-state index >= 15 is 0 Å². The third-order valence-corrected chi connectivity index (χ3v) is 4.02. The van der Waals surface area contributed by atoms with Crippen molar-refractivity contribution in [1.29, 1.82) is 0 Å². The van der Waals surface area contributed by atoms with E-state index in [1.54, 1.807) is 0 Å². The Labute approximate surface area is 110 Å². The lowest BCUT2D eigenvalue weighted by Gasteiger charge is -2.23. The van der Waals surface area contributed by atoms with Crippen LogP contribution in [0.5, 0.6) is 0 Å². The van der Waals surface area contributed by atoms with Gasteiger partial charge in [0.1, 0.15) is 0 Å². The topological polar surface area (TPSA) is 0 Å². The van der Waals surface area contributed by atoms with Crippen LogP contribution in [0.4, 0.5) is 0 Å². The molecule has 0 unspecified atom stereocenters. The average Bonchev–Trinajstić information content (AvgIpc) is 2.39. The molecule has 0 N–H and O–H groups in total. The van der Waals surface area contributed by atoms with Crippen LogP contribution in [-0.2, 0) is 0 Å². The first-order chi connectivity index (χ1) is 8.29. The van der Waals surface area contributed by atoms with Crippen LogP contribution in [0.2, 0.25) is 0 Å². The SMILES string of the molecule is Cc1ccc(C=C(CCl)C2CCCCC2)cc1. The van der Waals surface area contributed by atoms with E-state index < -0.39 is 0 Å². The minimum Gasteiger partial charge on any atom is -0.122 e. The number of aryl methyl sites for hydroxylation is 1. The smallest absolute Gasteiger partial charge is 0.0439 e. The summed E-state index contributed by atoms with van der Waals surface area (Å²) < 4.78 is 0. The summed E-state index contributed by atoms with van der Waals surface area (Å²) in [5.41, 5.74) is 4.03. The molecule has 0 aromatic heterocycles. The van der Waals surface area contributed by atoms with Crippen molar-refractivity contribution in [3.8, 4) is 0 Å². The molecule has 1 saturated carbocycles. The molecule has 1 heteroatoms. The van der Waals surface area contributed by atoms with E-state index in [2.05, 4.69) is 37.3 Å². The van der Waals surface area contributed by atoms with Gasteiger partial charge in [0.15, 0.2) is 0 Å². The Morgan fingerprint density at radius 3 is 2.41 bits per heavy atom. The average molecular weight is 249 g/mol. The minimum absolute atomic E-state index is 0.679. The molecule has 0 heterocycles. The standard InChI is InChI=1S/C16H21Cl/c1-13-7-9-14(10-8-13)11-16(12-17)15-5-3-2-4-6-15/h7-11,15H,2-6,12H2,1H3. The second kappa shape index (κ2) is 6.26. The molecule has 0 bridgehead atoms. The van der Waals surface area contributed by atoms with Crippen molar-refractivity contribution in [3.05, 3.63) is 41.0 Å². The van der Waals surface area contributed by atoms with Gasteiger partial charge in [-0.1, -0.05) is 60.7 Å². The Morgan fingerprint density at radius 2 is 1.82 bits per heavy atom. The molecular weight excluding hydrogens is 228 g/mol. The van der Waals surface area contributed by atoms with Crippen molar-refractivity contribution in [1.82, 2.24) is 0 Å². The van der Waals surface area contributed by atoms with Crippen molar-refractivity contribution < 1.29 is 0 Å². The molecular formula is C16H21Cl. The fourth-order valence-electron chi connectivity index (χ4n) is 2.62. The first-order valence-corrected chi connectivity index (χ1v) is 7.16. The predicted octanol–water partition coefficient (Wildman–Crippen LogP) is 5.20. The summed E-state index contributed by atoms with van der Waals surface area (Å²) in [5.74, 6) is 1.40. The molecule has 0 saturated heterocycles. The summed E-state index contributed by atoms with van der Waals surface area (Å²) >= 11 is 6.11. The van der Waals surface area contributed by atoms with Crippen molar-refractivity contribution in [2.45, 2.75) is 39.0 Å². The van der Waals surface area contributed by atoms with Gasteiger partial charge in [-0.15, -0.1) is 11.6 Å². The van der Waals surface area contributed by atoms with Gasteiger partial charge in [-0.2, -0.15) is 0 Å². The monoisotopic (exact) mass is 248 g/mol. The van der Waals surface area contributed by atoms with Crippen LogP contribution in [0.25, 0.3) is 6.08 Å². The molecule has 0 amide bonds. The summed E-state index contributed by atoms with van der Waals surface area (Å²) in [6, 6.07) is 8.70. The minimum atomic E-state index is 0.679. The van der Waals surface area contributed by atoms with Crippen LogP contribution in [0.1, 0.15) is 43.2 Å². The lowest BCUT2D eigenvalue weighted by atomic mass is 9.83. The van der Waals surface area contributed by atoms with Crippen LogP contribution in [0.15, 0.2) is 29.8 Å². The Hall–Kier alpha value is -0.750. The third kappa shape index (κ3) is 3.61. The summed E-state index contributed by atoms with van der Waals surface area (Å²) in [4.78, 5) is 0. The highest BCUT2D eigenvalue weighted by Crippen LogP contribution is 2.31. The molecule has 1 fully saturated rings. The van der Waals surface area contributed by atoms with Crippen molar-refractivity contribution >= 4 is 17.7 Å². The van der Waals surface area contributed by atoms with Crippen LogP contribution in [0.3, 0.4) is 0 Å². The van der Waals surface area contributed by atoms with Crippen LogP contribution in [0, 0.1) is 12.8 Å². The molecule has 0 atom stereocenters. The van der Waals surface area contributed by atoms with Gasteiger partial charge in [-0.05, 0) is 31.2 Å². The number of alkyl halides is 1. The van der Waals surface area contributed by atoms with Gasteiger partial charge in [0, 0.05) is 5.88 Å². The highest BCUT2D eigenvalue weighted by atomic mass is 35.5. The second-order valence-corrected chi connectivity index (χ2v) is 5.37. The van der Waals surface area contributed by atoms with E-state index in [0.29, 0.717) is 5.88 Å². The van der Waals surface area contributed by atoms with Gasteiger partial charge >= 0.3 is 0 Å². The third-order valence-electron chi connectivity index (χ3n) is 3.71. The van der Waals surface area contributed by atoms with Crippen molar-refractivity contribution in [2.24, 2.45) is 5.92 Å². The molecule has 92 valence electrons. The summed E-state index contributed by atoms with van der Waals surface area (Å²) in [6.07, 6.45) is 9.08. The molecule has 1 aromatic rings. The van der Waals surface area contributed by atoms with E-state index in [4.69, 9.17) is 11.6 Å². The number of hydrogen-bond donors (Lipinski definition) is 0. The quantitative estimate of drug-likeness (QED) is 0.645. The first kappa shape index (κ1) is 12.7. The predicted molar refractivity (Wildman–Crippen MR) is 76.5 cm³/mol. The van der Waals surface area contributed by atoms with Crippen molar-refractivity contribution in [3.63, 3.8) is 0 Å². The zero-order chi connectivity index (χ0) is 12.1. The summed E-state index contributed by atoms with van der Waals surface area (Å²) in [5, 5.41) is 0. The van der Waals surface area contributed by atoms with Gasteiger partial charge in [-0.3, -0.25) is 0 Å². The van der Waals surface area contributed by atoms with Crippen LogP contribution < -0.4 is 0 Å². The van der Waals surface area contributed by atoms with Gasteiger partial charge < -0.3 is 0 Å². The Morgan fingerprint density at radius 1 is 1.18 bits per heavy atom. The molecule has 0 spiro atoms. The van der Waals surface area contributed by atoms with Crippen LogP contribution in [-0.4, -0.2) is 5.88 Å². The van der Waals surface area contributed by atoms with E-state index in [9.17, 15) is 0 Å². The summed E-state index contributed by atoms with van der Waals surface area (Å²) in [6.45, 7) is 2.12. The Bertz CT molecular complexity index is 369. The maximum atomic E-state index is 6.11. The fraction of sp³-hybridized carbons (Fsp3) is 0.500. The van der Waals surface area contributed by atoms with E-state index in [0.717, 1.165) is 5.92 Å². The highest BCUT2D eigenvalue weighted by molar-refractivity contribution is 6.19. The fourth-order valence-corrected chi connectivity index (χ4v) is 2.91. The van der Waals surface area contributed by atoms with E-state index in [-0.39, 0.29) is 0 Å². The molecule has 0 aliphatic heterocycles. The second-order valence-electron chi connectivity index (χ2n) is 5.10. The molecule has 1 aliphatic rings.